The number of hydrogen-bond donors (Lipinski definition) is 2. The minimum atomic E-state index is 0.160. The number of nitrogens with two attached hydrogens (primary N) is 1. The van der Waals surface area contributed by atoms with Crippen LogP contribution in [0.4, 0.5) is 5.69 Å². The van der Waals surface area contributed by atoms with E-state index in [9.17, 15) is 5.11 Å². The second-order valence-electron chi connectivity index (χ2n) is 4.51. The Kier molecular flexibility index (Phi) is 2.83. The summed E-state index contributed by atoms with van der Waals surface area (Å²) in [7, 11) is 0. The van der Waals surface area contributed by atoms with Gasteiger partial charge in [-0.25, -0.2) is 0 Å². The molecule has 20 heavy (non-hydrogen) atoms. The standard InChI is InChI=1S/C14H13N5O/c1-9-5-6-10(7-13(9)15)14-16-17-18-19(14)11-3-2-4-12(20)8-11/h2-8,20H,15H2,1H3. The summed E-state index contributed by atoms with van der Waals surface area (Å²) < 4.78 is 1.56. The highest BCUT2D eigenvalue weighted by Gasteiger charge is 2.11. The van der Waals surface area contributed by atoms with Gasteiger partial charge >= 0.3 is 0 Å². The predicted octanol–water partition coefficient (Wildman–Crippen LogP) is 1.93. The number of aryl methyl sites for hydroxylation is 1. The Labute approximate surface area is 115 Å². The van der Waals surface area contributed by atoms with Crippen LogP contribution in [-0.2, 0) is 0 Å². The van der Waals surface area contributed by atoms with E-state index >= 15 is 0 Å². The maximum Gasteiger partial charge on any atom is 0.187 e. The van der Waals surface area contributed by atoms with Gasteiger partial charge < -0.3 is 10.8 Å². The third-order valence-corrected chi connectivity index (χ3v) is 3.08. The number of tetrazole rings is 1. The number of benzene rings is 2. The first-order valence-electron chi connectivity index (χ1n) is 6.09. The van der Waals surface area contributed by atoms with Gasteiger partial charge in [-0.1, -0.05) is 18.2 Å². The minimum Gasteiger partial charge on any atom is -0.508 e. The predicted molar refractivity (Wildman–Crippen MR) is 75.4 cm³/mol. The number of aromatic hydroxyl groups is 1. The number of nitrogens with zero attached hydrogens (tertiary/aromatic N) is 4. The van der Waals surface area contributed by atoms with Crippen molar-refractivity contribution in [3.8, 4) is 22.8 Å². The largest absolute Gasteiger partial charge is 0.508 e. The highest BCUT2D eigenvalue weighted by molar-refractivity contribution is 5.64. The van der Waals surface area contributed by atoms with Crippen molar-refractivity contribution in [1.29, 1.82) is 0 Å². The molecule has 3 aromatic rings. The van der Waals surface area contributed by atoms with Crippen LogP contribution in [-0.4, -0.2) is 25.3 Å². The molecule has 0 aliphatic rings. The second kappa shape index (κ2) is 4.65. The van der Waals surface area contributed by atoms with Gasteiger partial charge in [-0.05, 0) is 41.1 Å². The summed E-state index contributed by atoms with van der Waals surface area (Å²) in [5.74, 6) is 0.731. The quantitative estimate of drug-likeness (QED) is 0.692. The Morgan fingerprint density at radius 1 is 1.15 bits per heavy atom. The van der Waals surface area contributed by atoms with Gasteiger partial charge in [0.15, 0.2) is 5.82 Å². The SMILES string of the molecule is Cc1ccc(-c2nnnn2-c2cccc(O)c2)cc1N. The maximum atomic E-state index is 9.55. The monoisotopic (exact) mass is 267 g/mol. The van der Waals surface area contributed by atoms with Crippen LogP contribution in [0.3, 0.4) is 0 Å². The van der Waals surface area contributed by atoms with Crippen molar-refractivity contribution in [2.45, 2.75) is 6.92 Å². The smallest absolute Gasteiger partial charge is 0.187 e. The molecule has 6 heteroatoms. The summed E-state index contributed by atoms with van der Waals surface area (Å²) >= 11 is 0. The van der Waals surface area contributed by atoms with E-state index in [1.165, 1.54) is 0 Å². The Morgan fingerprint density at radius 2 is 2.00 bits per heavy atom. The molecule has 0 atom stereocenters. The number of phenols is 1. The molecule has 0 unspecified atom stereocenters. The first kappa shape index (κ1) is 12.2. The van der Waals surface area contributed by atoms with Gasteiger partial charge in [0.25, 0.3) is 0 Å². The Balaban J connectivity index is 2.12. The maximum absolute atomic E-state index is 9.55. The zero-order valence-electron chi connectivity index (χ0n) is 10.9. The van der Waals surface area contributed by atoms with Gasteiger partial charge in [0.05, 0.1) is 5.69 Å². The van der Waals surface area contributed by atoms with E-state index < -0.39 is 0 Å². The Bertz CT molecular complexity index is 766. The normalized spacial score (nSPS) is 10.7. The molecule has 0 radical (unpaired) electrons. The van der Waals surface area contributed by atoms with Crippen LogP contribution in [0.5, 0.6) is 5.75 Å². The molecular weight excluding hydrogens is 254 g/mol. The molecular formula is C14H13N5O. The summed E-state index contributed by atoms with van der Waals surface area (Å²) in [6.45, 7) is 1.94. The van der Waals surface area contributed by atoms with E-state index in [2.05, 4.69) is 15.5 Å². The zero-order valence-corrected chi connectivity index (χ0v) is 10.9. The average Bonchev–Trinajstić information content (AvgIpc) is 2.91. The summed E-state index contributed by atoms with van der Waals surface area (Å²) in [5.41, 5.74) is 9.12. The van der Waals surface area contributed by atoms with Crippen LogP contribution >= 0.6 is 0 Å². The molecule has 6 nitrogen and oxygen atoms in total. The Hall–Kier alpha value is -2.89. The first-order chi connectivity index (χ1) is 9.65. The lowest BCUT2D eigenvalue weighted by atomic mass is 10.1. The lowest BCUT2D eigenvalue weighted by molar-refractivity contribution is 0.475. The number of phenolic OH excluding ortho intramolecular Hbond substituents is 1. The minimum absolute atomic E-state index is 0.160. The van der Waals surface area contributed by atoms with Gasteiger partial charge in [-0.3, -0.25) is 0 Å². The lowest BCUT2D eigenvalue weighted by Gasteiger charge is -2.06. The zero-order chi connectivity index (χ0) is 14.1. The summed E-state index contributed by atoms with van der Waals surface area (Å²) in [6.07, 6.45) is 0. The highest BCUT2D eigenvalue weighted by Crippen LogP contribution is 2.24. The molecule has 1 aromatic heterocycles. The van der Waals surface area contributed by atoms with E-state index in [0.29, 0.717) is 17.2 Å². The molecule has 3 N–H and O–H groups in total. The molecule has 2 aromatic carbocycles. The molecule has 1 heterocycles. The Morgan fingerprint density at radius 3 is 2.75 bits per heavy atom. The van der Waals surface area contributed by atoms with Crippen molar-refractivity contribution in [1.82, 2.24) is 20.2 Å². The second-order valence-corrected chi connectivity index (χ2v) is 4.51. The molecule has 3 rings (SSSR count). The van der Waals surface area contributed by atoms with Gasteiger partial charge in [0, 0.05) is 17.3 Å². The van der Waals surface area contributed by atoms with Crippen LogP contribution in [0, 0.1) is 6.92 Å². The van der Waals surface area contributed by atoms with Gasteiger partial charge in [-0.2, -0.15) is 4.68 Å². The van der Waals surface area contributed by atoms with Crippen LogP contribution in [0.15, 0.2) is 42.5 Å². The number of anilines is 1. The third-order valence-electron chi connectivity index (χ3n) is 3.08. The molecule has 0 saturated carbocycles. The third kappa shape index (κ3) is 2.07. The summed E-state index contributed by atoms with van der Waals surface area (Å²) in [6, 6.07) is 12.4. The molecule has 100 valence electrons. The number of nitrogen functional groups attached to an aromatic ring is 1. The lowest BCUT2D eigenvalue weighted by Crippen LogP contribution is -2.00. The van der Waals surface area contributed by atoms with Gasteiger partial charge in [-0.15, -0.1) is 5.10 Å². The fraction of sp³-hybridized carbons (Fsp3) is 0.0714. The van der Waals surface area contributed by atoms with Crippen molar-refractivity contribution in [3.63, 3.8) is 0 Å². The fourth-order valence-corrected chi connectivity index (χ4v) is 1.95. The van der Waals surface area contributed by atoms with Crippen LogP contribution in [0.2, 0.25) is 0 Å². The molecule has 0 aliphatic carbocycles. The molecule has 0 fully saturated rings. The van der Waals surface area contributed by atoms with Crippen LogP contribution in [0.25, 0.3) is 17.1 Å². The summed E-state index contributed by atoms with van der Waals surface area (Å²) in [4.78, 5) is 0. The van der Waals surface area contributed by atoms with Crippen molar-refractivity contribution in [2.24, 2.45) is 0 Å². The topological polar surface area (TPSA) is 89.8 Å². The van der Waals surface area contributed by atoms with Gasteiger partial charge in [0.1, 0.15) is 5.75 Å². The first-order valence-corrected chi connectivity index (χ1v) is 6.09. The number of rotatable bonds is 2. The van der Waals surface area contributed by atoms with Crippen molar-refractivity contribution < 1.29 is 5.11 Å². The van der Waals surface area contributed by atoms with E-state index in [1.54, 1.807) is 22.9 Å². The van der Waals surface area contributed by atoms with E-state index in [-0.39, 0.29) is 5.75 Å². The highest BCUT2D eigenvalue weighted by atomic mass is 16.3. The fourth-order valence-electron chi connectivity index (χ4n) is 1.95. The van der Waals surface area contributed by atoms with Crippen molar-refractivity contribution >= 4 is 5.69 Å². The van der Waals surface area contributed by atoms with Crippen molar-refractivity contribution in [3.05, 3.63) is 48.0 Å². The summed E-state index contributed by atoms with van der Waals surface area (Å²) in [5, 5.41) is 21.2. The van der Waals surface area contributed by atoms with Crippen LogP contribution < -0.4 is 5.73 Å². The van der Waals surface area contributed by atoms with E-state index in [1.807, 2.05) is 31.2 Å². The number of aromatic nitrogens is 4. The molecule has 0 spiro atoms. The van der Waals surface area contributed by atoms with Crippen LogP contribution in [0.1, 0.15) is 5.56 Å². The molecule has 0 amide bonds. The van der Waals surface area contributed by atoms with E-state index in [0.717, 1.165) is 11.1 Å². The average molecular weight is 267 g/mol. The molecule has 0 bridgehead atoms. The van der Waals surface area contributed by atoms with Gasteiger partial charge in [0.2, 0.25) is 0 Å². The van der Waals surface area contributed by atoms with Crippen molar-refractivity contribution in [2.75, 3.05) is 5.73 Å². The number of hydrogen-bond acceptors (Lipinski definition) is 5. The molecule has 0 aliphatic heterocycles. The molecule has 0 saturated heterocycles. The van der Waals surface area contributed by atoms with E-state index in [4.69, 9.17) is 5.73 Å².